The molecule has 0 saturated heterocycles. The number of aliphatic hydroxyl groups excluding tert-OH is 1. The molecule has 0 spiro atoms. The summed E-state index contributed by atoms with van der Waals surface area (Å²) in [5, 5.41) is 20.7. The normalized spacial score (nSPS) is 14.7. The first-order valence-electron chi connectivity index (χ1n) is 8.99. The van der Waals surface area contributed by atoms with Gasteiger partial charge in [-0.1, -0.05) is 48.5 Å². The van der Waals surface area contributed by atoms with Gasteiger partial charge >= 0.3 is 12.1 Å². The van der Waals surface area contributed by atoms with E-state index in [1.165, 1.54) is 0 Å². The number of ether oxygens (including phenoxy) is 1. The molecule has 2 aromatic rings. The number of nitrogens with one attached hydrogen (secondary N) is 1. The van der Waals surface area contributed by atoms with Crippen LogP contribution in [-0.4, -0.2) is 41.0 Å². The van der Waals surface area contributed by atoms with Gasteiger partial charge < -0.3 is 20.3 Å². The molecular weight excluding hydrogens is 346 g/mol. The summed E-state index contributed by atoms with van der Waals surface area (Å²) in [6.07, 6.45) is -1.55. The third-order valence-electron chi connectivity index (χ3n) is 4.87. The Kier molecular flexibility index (Phi) is 5.76. The predicted molar refractivity (Wildman–Crippen MR) is 101 cm³/mol. The molecule has 3 N–H and O–H groups in total. The molecule has 0 heterocycles. The number of carboxylic acids is 1. The zero-order valence-corrected chi connectivity index (χ0v) is 15.1. The van der Waals surface area contributed by atoms with Crippen LogP contribution < -0.4 is 5.32 Å². The number of carbonyl (C=O) groups is 2. The number of aliphatic carboxylic acids is 1. The lowest BCUT2D eigenvalue weighted by atomic mass is 9.98. The highest BCUT2D eigenvalue weighted by Crippen LogP contribution is 2.44. The molecule has 0 saturated carbocycles. The Bertz CT molecular complexity index is 789. The first-order chi connectivity index (χ1) is 13.0. The summed E-state index contributed by atoms with van der Waals surface area (Å²) in [4.78, 5) is 22.7. The minimum Gasteiger partial charge on any atom is -0.479 e. The zero-order valence-electron chi connectivity index (χ0n) is 15.1. The van der Waals surface area contributed by atoms with Crippen molar-refractivity contribution < 1.29 is 24.5 Å². The molecule has 27 heavy (non-hydrogen) atoms. The van der Waals surface area contributed by atoms with E-state index in [2.05, 4.69) is 29.6 Å². The van der Waals surface area contributed by atoms with Crippen LogP contribution in [0.5, 0.6) is 0 Å². The Balaban J connectivity index is 1.57. The van der Waals surface area contributed by atoms with E-state index in [-0.39, 0.29) is 25.0 Å². The van der Waals surface area contributed by atoms with E-state index in [9.17, 15) is 14.7 Å². The average Bonchev–Trinajstić information content (AvgIpc) is 2.98. The van der Waals surface area contributed by atoms with Crippen molar-refractivity contribution in [2.75, 3.05) is 6.61 Å². The highest BCUT2D eigenvalue weighted by molar-refractivity contribution is 5.79. The molecule has 1 amide bonds. The van der Waals surface area contributed by atoms with Crippen molar-refractivity contribution in [1.29, 1.82) is 0 Å². The molecule has 0 bridgehead atoms. The quantitative estimate of drug-likeness (QED) is 0.697. The summed E-state index contributed by atoms with van der Waals surface area (Å²) in [6, 6.07) is 15.9. The van der Waals surface area contributed by atoms with Gasteiger partial charge in [0.05, 0.1) is 0 Å². The monoisotopic (exact) mass is 369 g/mol. The van der Waals surface area contributed by atoms with Crippen LogP contribution in [-0.2, 0) is 9.53 Å². The Hall–Kier alpha value is -2.86. The predicted octanol–water partition coefficient (Wildman–Crippen LogP) is 3.14. The van der Waals surface area contributed by atoms with Crippen LogP contribution in [0.25, 0.3) is 11.1 Å². The lowest BCUT2D eigenvalue weighted by Crippen LogP contribution is -2.35. The second-order valence-corrected chi connectivity index (χ2v) is 6.80. The molecule has 0 fully saturated rings. The first kappa shape index (κ1) is 18.9. The minimum atomic E-state index is -1.42. The standard InChI is InChI=1S/C21H23NO5/c1-13(10-11-19(23)20(24)25)22-21(26)27-12-18-16-8-4-2-6-14(16)15-7-3-5-9-17(15)18/h2-9,13,18-19,23H,10-12H2,1H3,(H,22,26)(H,24,25). The van der Waals surface area contributed by atoms with Crippen LogP contribution in [0.4, 0.5) is 4.79 Å². The maximum atomic E-state index is 12.1. The Morgan fingerprint density at radius 1 is 1.04 bits per heavy atom. The van der Waals surface area contributed by atoms with Crippen LogP contribution in [0.1, 0.15) is 36.8 Å². The smallest absolute Gasteiger partial charge is 0.407 e. The molecule has 0 radical (unpaired) electrons. The number of rotatable bonds is 7. The molecule has 6 nitrogen and oxygen atoms in total. The molecule has 2 atom stereocenters. The van der Waals surface area contributed by atoms with Gasteiger partial charge in [-0.05, 0) is 42.0 Å². The first-order valence-corrected chi connectivity index (χ1v) is 8.99. The van der Waals surface area contributed by atoms with Crippen molar-refractivity contribution >= 4 is 12.1 Å². The summed E-state index contributed by atoms with van der Waals surface area (Å²) in [6.45, 7) is 1.97. The molecule has 2 unspecified atom stereocenters. The van der Waals surface area contributed by atoms with Gasteiger partial charge in [0, 0.05) is 12.0 Å². The van der Waals surface area contributed by atoms with Crippen LogP contribution >= 0.6 is 0 Å². The Morgan fingerprint density at radius 3 is 2.15 bits per heavy atom. The second-order valence-electron chi connectivity index (χ2n) is 6.80. The number of carboxylic acid groups (broad SMARTS) is 1. The van der Waals surface area contributed by atoms with Crippen molar-refractivity contribution in [1.82, 2.24) is 5.32 Å². The highest BCUT2D eigenvalue weighted by Gasteiger charge is 2.29. The van der Waals surface area contributed by atoms with E-state index in [1.807, 2.05) is 24.3 Å². The lowest BCUT2D eigenvalue weighted by Gasteiger charge is -2.17. The van der Waals surface area contributed by atoms with E-state index < -0.39 is 18.2 Å². The summed E-state index contributed by atoms with van der Waals surface area (Å²) in [5.74, 6) is -1.27. The highest BCUT2D eigenvalue weighted by atomic mass is 16.5. The van der Waals surface area contributed by atoms with Gasteiger partial charge in [-0.25, -0.2) is 9.59 Å². The minimum absolute atomic E-state index is 0.00714. The van der Waals surface area contributed by atoms with Crippen molar-refractivity contribution in [2.24, 2.45) is 0 Å². The average molecular weight is 369 g/mol. The van der Waals surface area contributed by atoms with Crippen LogP contribution in [0.2, 0.25) is 0 Å². The number of hydrogen-bond donors (Lipinski definition) is 3. The van der Waals surface area contributed by atoms with E-state index in [1.54, 1.807) is 6.92 Å². The van der Waals surface area contributed by atoms with E-state index in [4.69, 9.17) is 9.84 Å². The zero-order chi connectivity index (χ0) is 19.4. The number of benzene rings is 2. The number of carbonyl (C=O) groups excluding carboxylic acids is 1. The van der Waals surface area contributed by atoms with Crippen LogP contribution in [0.3, 0.4) is 0 Å². The van der Waals surface area contributed by atoms with Gasteiger partial charge in [0.1, 0.15) is 6.61 Å². The fourth-order valence-electron chi connectivity index (χ4n) is 3.44. The topological polar surface area (TPSA) is 95.9 Å². The van der Waals surface area contributed by atoms with Gasteiger partial charge in [0.2, 0.25) is 0 Å². The van der Waals surface area contributed by atoms with E-state index in [0.717, 1.165) is 22.3 Å². The van der Waals surface area contributed by atoms with Gasteiger partial charge in [0.25, 0.3) is 0 Å². The van der Waals surface area contributed by atoms with Gasteiger partial charge in [-0.15, -0.1) is 0 Å². The maximum Gasteiger partial charge on any atom is 0.407 e. The van der Waals surface area contributed by atoms with Crippen molar-refractivity contribution in [3.8, 4) is 11.1 Å². The Labute approximate surface area is 157 Å². The number of amides is 1. The van der Waals surface area contributed by atoms with Crippen molar-refractivity contribution in [3.05, 3.63) is 59.7 Å². The summed E-state index contributed by atoms with van der Waals surface area (Å²) in [5.41, 5.74) is 4.62. The van der Waals surface area contributed by atoms with E-state index >= 15 is 0 Å². The Morgan fingerprint density at radius 2 is 1.59 bits per heavy atom. The molecule has 6 heteroatoms. The maximum absolute atomic E-state index is 12.1. The van der Waals surface area contributed by atoms with Gasteiger partial charge in [-0.3, -0.25) is 0 Å². The van der Waals surface area contributed by atoms with E-state index in [0.29, 0.717) is 6.42 Å². The van der Waals surface area contributed by atoms with Crippen molar-refractivity contribution in [3.63, 3.8) is 0 Å². The molecule has 0 aliphatic heterocycles. The summed E-state index contributed by atoms with van der Waals surface area (Å²) >= 11 is 0. The summed E-state index contributed by atoms with van der Waals surface area (Å²) in [7, 11) is 0. The fraction of sp³-hybridized carbons (Fsp3) is 0.333. The SMILES string of the molecule is CC(CCC(O)C(=O)O)NC(=O)OCC1c2ccccc2-c2ccccc21. The molecule has 3 rings (SSSR count). The molecular formula is C21H23NO5. The molecule has 1 aliphatic rings. The third-order valence-corrected chi connectivity index (χ3v) is 4.87. The van der Waals surface area contributed by atoms with Gasteiger partial charge in [-0.2, -0.15) is 0 Å². The molecule has 142 valence electrons. The number of aliphatic hydroxyl groups is 1. The van der Waals surface area contributed by atoms with Gasteiger partial charge in [0.15, 0.2) is 6.10 Å². The third kappa shape index (κ3) is 4.28. The fourth-order valence-corrected chi connectivity index (χ4v) is 3.44. The number of fused-ring (bicyclic) bond motifs is 3. The molecule has 0 aromatic heterocycles. The van der Waals surface area contributed by atoms with Crippen LogP contribution in [0.15, 0.2) is 48.5 Å². The molecule has 1 aliphatic carbocycles. The number of alkyl carbamates (subject to hydrolysis) is 1. The largest absolute Gasteiger partial charge is 0.479 e. The lowest BCUT2D eigenvalue weighted by molar-refractivity contribution is -0.147. The molecule has 2 aromatic carbocycles. The second kappa shape index (κ2) is 8.22. The van der Waals surface area contributed by atoms with Crippen molar-refractivity contribution in [2.45, 2.75) is 37.8 Å². The van der Waals surface area contributed by atoms with Crippen LogP contribution in [0, 0.1) is 0 Å². The number of hydrogen-bond acceptors (Lipinski definition) is 4. The summed E-state index contributed by atoms with van der Waals surface area (Å²) < 4.78 is 5.44.